The van der Waals surface area contributed by atoms with Crippen LogP contribution in [-0.2, 0) is 41.8 Å². The van der Waals surface area contributed by atoms with Crippen molar-refractivity contribution in [1.29, 1.82) is 0 Å². The van der Waals surface area contributed by atoms with Crippen LogP contribution < -0.4 is 0 Å². The normalized spacial score (nSPS) is 22.5. The Hall–Kier alpha value is -3.64. The average Bonchev–Trinajstić information content (AvgIpc) is 3.31. The molecular formula is C51H80O17P2. The van der Waals surface area contributed by atoms with Crippen LogP contribution in [0.1, 0.15) is 123 Å². The monoisotopic (exact) mass is 1030 g/mol. The highest BCUT2D eigenvalue weighted by molar-refractivity contribution is 7.47. The highest BCUT2D eigenvalue weighted by Crippen LogP contribution is 2.49. The number of phosphoric acid groups is 2. The van der Waals surface area contributed by atoms with Gasteiger partial charge in [-0.05, 0) is 83.5 Å². The van der Waals surface area contributed by atoms with E-state index in [1.807, 2.05) is 48.6 Å². The van der Waals surface area contributed by atoms with E-state index >= 15 is 0 Å². The lowest BCUT2D eigenvalue weighted by Crippen LogP contribution is -2.64. The third-order valence-electron chi connectivity index (χ3n) is 10.1. The average molecular weight is 1030 g/mol. The van der Waals surface area contributed by atoms with E-state index < -0.39 is 89.6 Å². The molecule has 70 heavy (non-hydrogen) atoms. The van der Waals surface area contributed by atoms with E-state index in [0.717, 1.165) is 64.2 Å². The summed E-state index contributed by atoms with van der Waals surface area (Å²) in [4.78, 5) is 54.3. The minimum absolute atomic E-state index is 0.0180. The van der Waals surface area contributed by atoms with E-state index in [4.69, 9.17) is 18.5 Å². The summed E-state index contributed by atoms with van der Waals surface area (Å²) in [5.41, 5.74) is 0. The molecule has 1 rings (SSSR count). The zero-order valence-electron chi connectivity index (χ0n) is 40.7. The number of allylic oxidation sites excluding steroid dienone is 18. The fourth-order valence-corrected chi connectivity index (χ4v) is 7.96. The van der Waals surface area contributed by atoms with Gasteiger partial charge in [0, 0.05) is 12.8 Å². The lowest BCUT2D eigenvalue weighted by atomic mass is 9.85. The van der Waals surface area contributed by atoms with Crippen molar-refractivity contribution in [2.75, 3.05) is 13.2 Å². The Bertz CT molecular complexity index is 1830. The zero-order chi connectivity index (χ0) is 51.9. The van der Waals surface area contributed by atoms with Gasteiger partial charge >= 0.3 is 27.6 Å². The Morgan fingerprint density at radius 2 is 1.03 bits per heavy atom. The molecule has 1 fully saturated rings. The molecule has 1 aliphatic rings. The summed E-state index contributed by atoms with van der Waals surface area (Å²) >= 11 is 0. The largest absolute Gasteiger partial charge is 0.472 e. The van der Waals surface area contributed by atoms with Crippen molar-refractivity contribution >= 4 is 27.6 Å². The van der Waals surface area contributed by atoms with Gasteiger partial charge in [-0.15, -0.1) is 0 Å². The maximum absolute atomic E-state index is 13.0. The second kappa shape index (κ2) is 39.9. The number of hydrogen-bond acceptors (Lipinski definition) is 14. The number of ether oxygens (including phenoxy) is 2. The van der Waals surface area contributed by atoms with Gasteiger partial charge in [0.25, 0.3) is 0 Å². The molecule has 396 valence electrons. The molecule has 0 spiro atoms. The molecule has 9 atom stereocenters. The van der Waals surface area contributed by atoms with Crippen molar-refractivity contribution in [3.63, 3.8) is 0 Å². The predicted molar refractivity (Wildman–Crippen MR) is 270 cm³/mol. The summed E-state index contributed by atoms with van der Waals surface area (Å²) in [6.07, 6.45) is 36.1. The molecule has 8 N–H and O–H groups in total. The summed E-state index contributed by atoms with van der Waals surface area (Å²) in [6.45, 7) is 2.72. The second-order valence-corrected chi connectivity index (χ2v) is 18.9. The number of phosphoric ester groups is 2. The Labute approximate surface area is 414 Å². The summed E-state index contributed by atoms with van der Waals surface area (Å²) < 4.78 is 49.3. The van der Waals surface area contributed by atoms with Crippen LogP contribution in [0.25, 0.3) is 0 Å². The predicted octanol–water partition coefficient (Wildman–Crippen LogP) is 8.47. The summed E-state index contributed by atoms with van der Waals surface area (Å²) in [7, 11) is -10.7. The third kappa shape index (κ3) is 33.9. The van der Waals surface area contributed by atoms with Gasteiger partial charge in [-0.2, -0.15) is 0 Å². The molecule has 0 amide bonds. The number of unbranched alkanes of at least 4 members (excludes halogenated alkanes) is 4. The molecule has 17 nitrogen and oxygen atoms in total. The van der Waals surface area contributed by atoms with Gasteiger partial charge in [0.1, 0.15) is 43.2 Å². The Kier molecular flexibility index (Phi) is 36.7. The molecule has 0 aromatic heterocycles. The maximum atomic E-state index is 13.0. The minimum Gasteiger partial charge on any atom is -0.462 e. The maximum Gasteiger partial charge on any atom is 0.472 e. The quantitative estimate of drug-likeness (QED) is 0.00946. The van der Waals surface area contributed by atoms with Crippen LogP contribution in [0.4, 0.5) is 0 Å². The van der Waals surface area contributed by atoms with Crippen LogP contribution in [0, 0.1) is 0 Å². The summed E-state index contributed by atoms with van der Waals surface area (Å²) in [5.74, 6) is -1.38. The van der Waals surface area contributed by atoms with Crippen molar-refractivity contribution in [3.05, 3.63) is 122 Å². The van der Waals surface area contributed by atoms with Gasteiger partial charge in [0.15, 0.2) is 6.10 Å². The summed E-state index contributed by atoms with van der Waals surface area (Å²) in [5, 5.41) is 51.3. The SMILES string of the molecule is CC/C=C\C/C=C\C/C=C\C/C=C\CCCCCCC(=O)O[C@H](COC(=O)CC/C=C\C/C=C\C/C=C\C=C\C(O)C/C=C\C/C=C\CC)COP(=O)(O)O[C@H]1C(O)C(O)C(O)[C@@H](OP(=O)(O)O)C1O. The van der Waals surface area contributed by atoms with Crippen molar-refractivity contribution < 1.29 is 82.0 Å². The first kappa shape index (κ1) is 64.4. The number of carbonyl (C=O) groups is 2. The second-order valence-electron chi connectivity index (χ2n) is 16.3. The van der Waals surface area contributed by atoms with Crippen LogP contribution in [0.3, 0.4) is 0 Å². The van der Waals surface area contributed by atoms with Crippen molar-refractivity contribution in [2.45, 2.75) is 172 Å². The lowest BCUT2D eigenvalue weighted by molar-refractivity contribution is -0.216. The number of carbonyl (C=O) groups excluding carboxylic acids is 2. The van der Waals surface area contributed by atoms with Gasteiger partial charge in [-0.3, -0.25) is 23.2 Å². The van der Waals surface area contributed by atoms with E-state index in [0.29, 0.717) is 32.1 Å². The molecule has 0 heterocycles. The molecule has 19 heteroatoms. The fraction of sp³-hybridized carbons (Fsp3) is 0.569. The standard InChI is InChI=1S/C51H80O17P2/c1-3-5-7-9-11-12-13-14-15-16-17-18-19-24-27-31-35-39-45(54)66-43(41-65-70(62,63)68-51-48(57)46(55)47(56)50(49(51)58)67-69(59,60)61)40-64-44(53)38-34-30-26-23-21-20-22-25-29-33-37-42(52)36-32-28-10-8-6-4-2/h5-8,11-12,14-15,17-18,20-21,25-26,28-30,32-33,37,42-43,46-52,55-58H,3-4,9-10,13,16,19,22-24,27,31,34-36,38-41H2,1-2H3,(H,62,63)(H2,59,60,61)/b7-5-,8-6-,12-11-,15-14-,18-17-,21-20-,29-25-,30-26-,32-28-,37-33+/t42?,43-,46?,47?,48?,49?,50-,51+/m1/s1. The van der Waals surface area contributed by atoms with Gasteiger partial charge in [0.2, 0.25) is 0 Å². The first-order chi connectivity index (χ1) is 33.5. The highest BCUT2D eigenvalue weighted by atomic mass is 31.2. The van der Waals surface area contributed by atoms with Gasteiger partial charge in [-0.25, -0.2) is 9.13 Å². The molecule has 0 bridgehead atoms. The topological polar surface area (TPSA) is 276 Å². The minimum atomic E-state index is -5.39. The van der Waals surface area contributed by atoms with Gasteiger partial charge in [-0.1, -0.05) is 148 Å². The zero-order valence-corrected chi connectivity index (χ0v) is 42.5. The van der Waals surface area contributed by atoms with Crippen molar-refractivity contribution in [2.24, 2.45) is 0 Å². The Morgan fingerprint density at radius 1 is 0.529 bits per heavy atom. The van der Waals surface area contributed by atoms with Gasteiger partial charge in [0.05, 0.1) is 12.7 Å². The first-order valence-electron chi connectivity index (χ1n) is 24.2. The molecule has 0 saturated heterocycles. The van der Waals surface area contributed by atoms with E-state index in [1.165, 1.54) is 0 Å². The molecule has 0 radical (unpaired) electrons. The molecule has 6 unspecified atom stereocenters. The van der Waals surface area contributed by atoms with E-state index in [1.54, 1.807) is 12.2 Å². The molecular weight excluding hydrogens is 946 g/mol. The molecule has 0 aromatic carbocycles. The lowest BCUT2D eigenvalue weighted by Gasteiger charge is -2.43. The number of aliphatic hydroxyl groups is 5. The smallest absolute Gasteiger partial charge is 0.462 e. The van der Waals surface area contributed by atoms with Crippen LogP contribution >= 0.6 is 15.6 Å². The summed E-state index contributed by atoms with van der Waals surface area (Å²) in [6, 6.07) is 0. The number of hydrogen-bond donors (Lipinski definition) is 8. The highest BCUT2D eigenvalue weighted by Gasteiger charge is 2.54. The molecule has 1 saturated carbocycles. The van der Waals surface area contributed by atoms with Crippen LogP contribution in [0.5, 0.6) is 0 Å². The van der Waals surface area contributed by atoms with E-state index in [9.17, 15) is 58.9 Å². The number of esters is 2. The first-order valence-corrected chi connectivity index (χ1v) is 27.2. The van der Waals surface area contributed by atoms with Gasteiger partial charge < -0.3 is 49.7 Å². The Morgan fingerprint density at radius 3 is 1.60 bits per heavy atom. The van der Waals surface area contributed by atoms with Crippen LogP contribution in [0.2, 0.25) is 0 Å². The number of aliphatic hydroxyl groups excluding tert-OH is 5. The Balaban J connectivity index is 2.68. The van der Waals surface area contributed by atoms with E-state index in [-0.39, 0.29) is 12.8 Å². The molecule has 0 aliphatic heterocycles. The van der Waals surface area contributed by atoms with Crippen LogP contribution in [-0.4, -0.2) is 114 Å². The van der Waals surface area contributed by atoms with Crippen molar-refractivity contribution in [3.8, 4) is 0 Å². The third-order valence-corrected chi connectivity index (χ3v) is 11.6. The van der Waals surface area contributed by atoms with Crippen LogP contribution in [0.15, 0.2) is 122 Å². The molecule has 1 aliphatic carbocycles. The number of rotatable bonds is 38. The molecule has 0 aromatic rings. The fourth-order valence-electron chi connectivity index (χ4n) is 6.42. The van der Waals surface area contributed by atoms with Crippen molar-refractivity contribution in [1.82, 2.24) is 0 Å². The van der Waals surface area contributed by atoms with E-state index in [2.05, 4.69) is 79.1 Å².